The molecule has 6 rings (SSSR count). The molecule has 1 unspecified atom stereocenters. The van der Waals surface area contributed by atoms with Gasteiger partial charge < -0.3 is 14.6 Å². The van der Waals surface area contributed by atoms with Gasteiger partial charge in [-0.15, -0.1) is 10.2 Å². The monoisotopic (exact) mass is 551 g/mol. The molecule has 0 bridgehead atoms. The Kier molecular flexibility index (Phi) is 6.98. The maximum Gasteiger partial charge on any atom is 0.272 e. The van der Waals surface area contributed by atoms with Crippen molar-refractivity contribution in [3.8, 4) is 11.5 Å². The predicted molar refractivity (Wildman–Crippen MR) is 151 cm³/mol. The average molecular weight is 552 g/mol. The molecule has 0 radical (unpaired) electrons. The lowest BCUT2D eigenvalue weighted by molar-refractivity contribution is -0.114. The van der Waals surface area contributed by atoms with Crippen molar-refractivity contribution in [2.45, 2.75) is 19.9 Å². The van der Waals surface area contributed by atoms with E-state index < -0.39 is 0 Å². The first-order chi connectivity index (χ1) is 19.8. The van der Waals surface area contributed by atoms with Crippen molar-refractivity contribution < 1.29 is 14.0 Å². The van der Waals surface area contributed by atoms with E-state index in [2.05, 4.69) is 66.8 Å². The first kappa shape index (κ1) is 26.3. The number of aromatic nitrogens is 6. The number of amides is 2. The van der Waals surface area contributed by atoms with Crippen LogP contribution < -0.4 is 5.32 Å². The smallest absolute Gasteiger partial charge is 0.272 e. The Bertz CT molecular complexity index is 1720. The molecular weight excluding hydrogens is 522 g/mol. The number of nitrogens with one attached hydrogen (secondary N) is 1. The first-order valence-electron chi connectivity index (χ1n) is 13.3. The predicted octanol–water partition coefficient (Wildman–Crippen LogP) is 3.23. The topological polar surface area (TPSA) is 135 Å². The first-order valence-corrected chi connectivity index (χ1v) is 13.3. The summed E-state index contributed by atoms with van der Waals surface area (Å²) in [5, 5.41) is 15.6. The highest BCUT2D eigenvalue weighted by molar-refractivity contribution is 5.94. The van der Waals surface area contributed by atoms with E-state index in [0.717, 1.165) is 5.56 Å². The van der Waals surface area contributed by atoms with Gasteiger partial charge in [-0.3, -0.25) is 19.5 Å². The number of carbonyl (C=O) groups is 2. The number of carbonyl (C=O) groups excluding carboxylic acids is 2. The molecule has 5 aromatic rings. The normalized spacial score (nSPS) is 14.8. The Morgan fingerprint density at radius 2 is 1.78 bits per heavy atom. The Hall–Kier alpha value is -4.97. The summed E-state index contributed by atoms with van der Waals surface area (Å²) in [5.41, 5.74) is 5.05. The summed E-state index contributed by atoms with van der Waals surface area (Å²) in [5.74, 6) is 0.689. The Morgan fingerprint density at radius 3 is 2.49 bits per heavy atom. The van der Waals surface area contributed by atoms with Crippen molar-refractivity contribution in [1.82, 2.24) is 40.0 Å². The second kappa shape index (κ2) is 10.9. The molecule has 4 heterocycles. The van der Waals surface area contributed by atoms with Gasteiger partial charge in [0.2, 0.25) is 11.8 Å². The Labute approximate surface area is 236 Å². The fourth-order valence-electron chi connectivity index (χ4n) is 5.04. The van der Waals surface area contributed by atoms with Crippen LogP contribution in [0.2, 0.25) is 0 Å². The van der Waals surface area contributed by atoms with Gasteiger partial charge in [0, 0.05) is 50.6 Å². The molecule has 12 heteroatoms. The lowest BCUT2D eigenvalue weighted by Crippen LogP contribution is -2.50. The molecule has 208 valence electrons. The SMILES string of the molecule is CC(=O)Nc1ccc2oc(-c3ccnc(C(=O)N4CCN(C(c5ccc(C)cc5)c5nnn(C)n5)CC4)c3)nc2c1. The second-order valence-electron chi connectivity index (χ2n) is 10.1. The molecule has 1 fully saturated rings. The van der Waals surface area contributed by atoms with Gasteiger partial charge in [-0.05, 0) is 48.0 Å². The van der Waals surface area contributed by atoms with E-state index in [0.29, 0.717) is 65.9 Å². The highest BCUT2D eigenvalue weighted by Crippen LogP contribution is 2.29. The van der Waals surface area contributed by atoms with E-state index in [9.17, 15) is 9.59 Å². The molecule has 1 atom stereocenters. The third-order valence-corrected chi connectivity index (χ3v) is 7.06. The van der Waals surface area contributed by atoms with Crippen LogP contribution in [-0.2, 0) is 11.8 Å². The summed E-state index contributed by atoms with van der Waals surface area (Å²) >= 11 is 0. The molecule has 0 aliphatic carbocycles. The van der Waals surface area contributed by atoms with Crippen LogP contribution >= 0.6 is 0 Å². The minimum Gasteiger partial charge on any atom is -0.436 e. The zero-order chi connectivity index (χ0) is 28.5. The number of hydrogen-bond acceptors (Lipinski definition) is 9. The molecule has 0 spiro atoms. The highest BCUT2D eigenvalue weighted by atomic mass is 16.3. The Morgan fingerprint density at radius 1 is 1.00 bits per heavy atom. The van der Waals surface area contributed by atoms with Crippen LogP contribution in [-0.4, -0.2) is 78.0 Å². The quantitative estimate of drug-likeness (QED) is 0.337. The van der Waals surface area contributed by atoms with E-state index in [1.54, 1.807) is 43.6 Å². The molecule has 0 saturated carbocycles. The average Bonchev–Trinajstić information content (AvgIpc) is 3.60. The summed E-state index contributed by atoms with van der Waals surface area (Å²) in [7, 11) is 1.75. The van der Waals surface area contributed by atoms with Crippen molar-refractivity contribution in [1.29, 1.82) is 0 Å². The number of hydrogen-bond donors (Lipinski definition) is 1. The molecule has 2 amide bonds. The van der Waals surface area contributed by atoms with Gasteiger partial charge >= 0.3 is 0 Å². The third kappa shape index (κ3) is 5.54. The van der Waals surface area contributed by atoms with Crippen LogP contribution in [0, 0.1) is 6.92 Å². The van der Waals surface area contributed by atoms with Gasteiger partial charge in [0.25, 0.3) is 5.91 Å². The number of aryl methyl sites for hydroxylation is 2. The molecule has 3 aromatic heterocycles. The van der Waals surface area contributed by atoms with Crippen molar-refractivity contribution in [2.24, 2.45) is 7.05 Å². The number of nitrogens with zero attached hydrogens (tertiary/aromatic N) is 8. The van der Waals surface area contributed by atoms with E-state index in [1.165, 1.54) is 17.3 Å². The van der Waals surface area contributed by atoms with E-state index >= 15 is 0 Å². The van der Waals surface area contributed by atoms with Gasteiger partial charge in [0.1, 0.15) is 11.2 Å². The number of anilines is 1. The lowest BCUT2D eigenvalue weighted by atomic mass is 10.0. The molecule has 1 aliphatic rings. The van der Waals surface area contributed by atoms with Crippen molar-refractivity contribution in [3.05, 3.63) is 83.4 Å². The van der Waals surface area contributed by atoms with Crippen molar-refractivity contribution >= 4 is 28.6 Å². The van der Waals surface area contributed by atoms with Gasteiger partial charge in [0.05, 0.1) is 13.1 Å². The number of oxazole rings is 1. The van der Waals surface area contributed by atoms with Crippen molar-refractivity contribution in [3.63, 3.8) is 0 Å². The van der Waals surface area contributed by atoms with E-state index in [1.807, 2.05) is 4.90 Å². The van der Waals surface area contributed by atoms with Crippen LogP contribution in [0.15, 0.2) is 65.2 Å². The fraction of sp³-hybridized carbons (Fsp3) is 0.276. The summed E-state index contributed by atoms with van der Waals surface area (Å²) in [6.45, 7) is 5.85. The molecule has 41 heavy (non-hydrogen) atoms. The second-order valence-corrected chi connectivity index (χ2v) is 10.1. The van der Waals surface area contributed by atoms with Crippen LogP contribution in [0.1, 0.15) is 40.4 Å². The van der Waals surface area contributed by atoms with E-state index in [-0.39, 0.29) is 17.9 Å². The molecule has 2 aromatic carbocycles. The van der Waals surface area contributed by atoms with Gasteiger partial charge in [0.15, 0.2) is 11.4 Å². The number of tetrazole rings is 1. The largest absolute Gasteiger partial charge is 0.436 e. The number of fused-ring (bicyclic) bond motifs is 1. The third-order valence-electron chi connectivity index (χ3n) is 7.06. The van der Waals surface area contributed by atoms with E-state index in [4.69, 9.17) is 4.42 Å². The number of benzene rings is 2. The van der Waals surface area contributed by atoms with Crippen LogP contribution in [0.5, 0.6) is 0 Å². The lowest BCUT2D eigenvalue weighted by Gasteiger charge is -2.38. The molecule has 12 nitrogen and oxygen atoms in total. The zero-order valence-electron chi connectivity index (χ0n) is 23.0. The highest BCUT2D eigenvalue weighted by Gasteiger charge is 2.31. The number of piperazine rings is 1. The number of pyridine rings is 1. The van der Waals surface area contributed by atoms with Crippen LogP contribution in [0.25, 0.3) is 22.6 Å². The van der Waals surface area contributed by atoms with Gasteiger partial charge in [-0.2, -0.15) is 4.80 Å². The zero-order valence-corrected chi connectivity index (χ0v) is 23.0. The molecule has 1 aliphatic heterocycles. The van der Waals surface area contributed by atoms with Crippen LogP contribution in [0.4, 0.5) is 5.69 Å². The minimum absolute atomic E-state index is 0.153. The number of rotatable bonds is 6. The summed E-state index contributed by atoms with van der Waals surface area (Å²) in [4.78, 5) is 39.3. The molecule has 1 saturated heterocycles. The summed E-state index contributed by atoms with van der Waals surface area (Å²) in [6.07, 6.45) is 1.59. The standard InChI is InChI=1S/C29H29N9O3/c1-18-4-6-20(7-5-18)26(27-33-35-36(3)34-27)37-12-14-38(15-13-37)29(40)24-16-21(10-11-30-24)28-32-23-17-22(31-19(2)39)8-9-25(23)41-28/h4-11,16-17,26H,12-15H2,1-3H3,(H,31,39). The fourth-order valence-corrected chi connectivity index (χ4v) is 5.04. The summed E-state index contributed by atoms with van der Waals surface area (Å²) in [6, 6.07) is 16.9. The summed E-state index contributed by atoms with van der Waals surface area (Å²) < 4.78 is 5.93. The van der Waals surface area contributed by atoms with Gasteiger partial charge in [-0.1, -0.05) is 29.8 Å². The van der Waals surface area contributed by atoms with Gasteiger partial charge in [-0.25, -0.2) is 4.98 Å². The van der Waals surface area contributed by atoms with Crippen molar-refractivity contribution in [2.75, 3.05) is 31.5 Å². The maximum absolute atomic E-state index is 13.5. The Balaban J connectivity index is 1.18. The minimum atomic E-state index is -0.165. The maximum atomic E-state index is 13.5. The molecular formula is C29H29N9O3. The molecule has 1 N–H and O–H groups in total. The van der Waals surface area contributed by atoms with Crippen LogP contribution in [0.3, 0.4) is 0 Å².